The van der Waals surface area contributed by atoms with Crippen molar-refractivity contribution < 1.29 is 4.74 Å². The molecule has 0 spiro atoms. The van der Waals surface area contributed by atoms with Crippen molar-refractivity contribution in [2.45, 2.75) is 0 Å². The van der Waals surface area contributed by atoms with Crippen molar-refractivity contribution in [3.05, 3.63) is 35.5 Å². The van der Waals surface area contributed by atoms with Gasteiger partial charge < -0.3 is 10.1 Å². The first-order chi connectivity index (χ1) is 9.83. The van der Waals surface area contributed by atoms with Gasteiger partial charge in [-0.25, -0.2) is 4.98 Å². The van der Waals surface area contributed by atoms with Crippen LogP contribution in [0.1, 0.15) is 0 Å². The van der Waals surface area contributed by atoms with Crippen molar-refractivity contribution in [2.75, 3.05) is 39.3 Å². The van der Waals surface area contributed by atoms with E-state index >= 15 is 0 Å². The average Bonchev–Trinajstić information content (AvgIpc) is 2.49. The first-order valence-electron chi connectivity index (χ1n) is 6.93. The smallest absolute Gasteiger partial charge is 0.221 e. The highest BCUT2D eigenvalue weighted by Crippen LogP contribution is 2.26. The number of benzene rings is 1. The molecule has 0 amide bonds. The zero-order chi connectivity index (χ0) is 13.8. The van der Waals surface area contributed by atoms with E-state index in [4.69, 9.17) is 16.3 Å². The molecule has 0 aliphatic carbocycles. The van der Waals surface area contributed by atoms with E-state index < -0.39 is 0 Å². The number of aromatic nitrogens is 1. The maximum atomic E-state index is 6.05. The molecule has 1 aromatic heterocycles. The number of hydrogen-bond donors (Lipinski definition) is 1. The van der Waals surface area contributed by atoms with Crippen molar-refractivity contribution in [1.82, 2.24) is 15.2 Å². The van der Waals surface area contributed by atoms with Crippen LogP contribution in [0.15, 0.2) is 30.5 Å². The van der Waals surface area contributed by atoms with Crippen LogP contribution in [0.5, 0.6) is 5.88 Å². The molecule has 20 heavy (non-hydrogen) atoms. The van der Waals surface area contributed by atoms with Crippen molar-refractivity contribution in [2.24, 2.45) is 0 Å². The molecular formula is C15H18ClN3O. The first kappa shape index (κ1) is 13.6. The third-order valence-electron chi connectivity index (χ3n) is 3.55. The summed E-state index contributed by atoms with van der Waals surface area (Å²) in [6.45, 7) is 5.86. The van der Waals surface area contributed by atoms with Crippen LogP contribution in [-0.2, 0) is 0 Å². The molecule has 2 heterocycles. The quantitative estimate of drug-likeness (QED) is 0.937. The minimum absolute atomic E-state index is 0.651. The number of ether oxygens (including phenoxy) is 1. The highest BCUT2D eigenvalue weighted by atomic mass is 35.5. The third-order valence-corrected chi connectivity index (χ3v) is 3.78. The van der Waals surface area contributed by atoms with Gasteiger partial charge in [-0.15, -0.1) is 0 Å². The number of rotatable bonds is 4. The summed E-state index contributed by atoms with van der Waals surface area (Å²) < 4.78 is 5.85. The summed E-state index contributed by atoms with van der Waals surface area (Å²) in [5.74, 6) is 0.667. The van der Waals surface area contributed by atoms with Gasteiger partial charge in [0.15, 0.2) is 0 Å². The molecule has 0 unspecified atom stereocenters. The molecule has 3 rings (SSSR count). The number of fused-ring (bicyclic) bond motifs is 1. The molecular weight excluding hydrogens is 274 g/mol. The van der Waals surface area contributed by atoms with Crippen molar-refractivity contribution in [3.8, 4) is 5.88 Å². The van der Waals surface area contributed by atoms with Crippen LogP contribution in [0, 0.1) is 0 Å². The van der Waals surface area contributed by atoms with Gasteiger partial charge in [-0.1, -0.05) is 17.7 Å². The standard InChI is InChI=1S/C15H18ClN3O/c16-13-2-1-12-3-4-18-15(14(12)11-13)20-10-9-19-7-5-17-6-8-19/h1-4,11,17H,5-10H2. The van der Waals surface area contributed by atoms with Gasteiger partial charge in [0.1, 0.15) is 6.61 Å². The molecule has 4 nitrogen and oxygen atoms in total. The van der Waals surface area contributed by atoms with E-state index in [9.17, 15) is 0 Å². The maximum Gasteiger partial charge on any atom is 0.221 e. The van der Waals surface area contributed by atoms with Crippen LogP contribution in [0.2, 0.25) is 5.02 Å². The number of nitrogens with zero attached hydrogens (tertiary/aromatic N) is 2. The fraction of sp³-hybridized carbons (Fsp3) is 0.400. The molecule has 1 aromatic carbocycles. The van der Waals surface area contributed by atoms with Crippen LogP contribution in [0.3, 0.4) is 0 Å². The van der Waals surface area contributed by atoms with Crippen molar-refractivity contribution in [1.29, 1.82) is 0 Å². The highest BCUT2D eigenvalue weighted by Gasteiger charge is 2.10. The number of nitrogens with one attached hydrogen (secondary N) is 1. The van der Waals surface area contributed by atoms with Gasteiger partial charge in [0.2, 0.25) is 5.88 Å². The Balaban J connectivity index is 1.66. The largest absolute Gasteiger partial charge is 0.476 e. The van der Waals surface area contributed by atoms with Crippen LogP contribution in [0.25, 0.3) is 10.8 Å². The maximum absolute atomic E-state index is 6.05. The zero-order valence-electron chi connectivity index (χ0n) is 11.3. The van der Waals surface area contributed by atoms with Gasteiger partial charge in [0.25, 0.3) is 0 Å². The summed E-state index contributed by atoms with van der Waals surface area (Å²) in [4.78, 5) is 6.72. The lowest BCUT2D eigenvalue weighted by Gasteiger charge is -2.26. The highest BCUT2D eigenvalue weighted by molar-refractivity contribution is 6.31. The van der Waals surface area contributed by atoms with Gasteiger partial charge in [-0.2, -0.15) is 0 Å². The average molecular weight is 292 g/mol. The molecule has 5 heteroatoms. The number of piperazine rings is 1. The molecule has 0 bridgehead atoms. The zero-order valence-corrected chi connectivity index (χ0v) is 12.1. The molecule has 1 saturated heterocycles. The molecule has 106 valence electrons. The van der Waals surface area contributed by atoms with E-state index in [0.29, 0.717) is 17.5 Å². The predicted molar refractivity (Wildman–Crippen MR) is 81.6 cm³/mol. The molecule has 0 atom stereocenters. The normalized spacial score (nSPS) is 16.4. The summed E-state index contributed by atoms with van der Waals surface area (Å²) in [5, 5.41) is 6.12. The van der Waals surface area contributed by atoms with Crippen LogP contribution >= 0.6 is 11.6 Å². The minimum Gasteiger partial charge on any atom is -0.476 e. The molecule has 2 aromatic rings. The SMILES string of the molecule is Clc1ccc2ccnc(OCCN3CCNCC3)c2c1. The second-order valence-electron chi connectivity index (χ2n) is 4.92. The summed E-state index contributed by atoms with van der Waals surface area (Å²) in [6, 6.07) is 7.75. The van der Waals surface area contributed by atoms with Crippen LogP contribution in [-0.4, -0.2) is 49.2 Å². The third kappa shape index (κ3) is 3.20. The Labute approximate surface area is 123 Å². The fourth-order valence-electron chi connectivity index (χ4n) is 2.44. The van der Waals surface area contributed by atoms with Gasteiger partial charge in [0, 0.05) is 49.3 Å². The lowest BCUT2D eigenvalue weighted by atomic mass is 10.2. The Bertz CT molecular complexity index is 584. The van der Waals surface area contributed by atoms with E-state index in [1.807, 2.05) is 24.3 Å². The minimum atomic E-state index is 0.651. The molecule has 0 radical (unpaired) electrons. The van der Waals surface area contributed by atoms with Gasteiger partial charge in [-0.05, 0) is 23.6 Å². The molecule has 0 saturated carbocycles. The first-order valence-corrected chi connectivity index (χ1v) is 7.31. The Hall–Kier alpha value is -1.36. The summed E-state index contributed by atoms with van der Waals surface area (Å²) in [7, 11) is 0. The van der Waals surface area contributed by atoms with Gasteiger partial charge in [-0.3, -0.25) is 4.90 Å². The molecule has 1 aliphatic heterocycles. The summed E-state index contributed by atoms with van der Waals surface area (Å²) in [5.41, 5.74) is 0. The second kappa shape index (κ2) is 6.39. The summed E-state index contributed by atoms with van der Waals surface area (Å²) >= 11 is 6.05. The summed E-state index contributed by atoms with van der Waals surface area (Å²) in [6.07, 6.45) is 1.77. The topological polar surface area (TPSA) is 37.4 Å². The Morgan fingerprint density at radius 2 is 2.10 bits per heavy atom. The van der Waals surface area contributed by atoms with E-state index in [0.717, 1.165) is 43.5 Å². The Morgan fingerprint density at radius 3 is 2.95 bits per heavy atom. The second-order valence-corrected chi connectivity index (χ2v) is 5.36. The van der Waals surface area contributed by atoms with Gasteiger partial charge >= 0.3 is 0 Å². The monoisotopic (exact) mass is 291 g/mol. The number of pyridine rings is 1. The van der Waals surface area contributed by atoms with Crippen molar-refractivity contribution >= 4 is 22.4 Å². The molecule has 1 aliphatic rings. The Kier molecular flexibility index (Phi) is 4.35. The number of hydrogen-bond acceptors (Lipinski definition) is 4. The lowest BCUT2D eigenvalue weighted by molar-refractivity contribution is 0.189. The predicted octanol–water partition coefficient (Wildman–Crippen LogP) is 2.17. The van der Waals surface area contributed by atoms with E-state index in [1.54, 1.807) is 6.20 Å². The van der Waals surface area contributed by atoms with E-state index in [2.05, 4.69) is 15.2 Å². The number of halogens is 1. The Morgan fingerprint density at radius 1 is 1.25 bits per heavy atom. The van der Waals surface area contributed by atoms with Crippen LogP contribution < -0.4 is 10.1 Å². The van der Waals surface area contributed by atoms with E-state index in [-0.39, 0.29) is 0 Å². The lowest BCUT2D eigenvalue weighted by Crippen LogP contribution is -2.44. The van der Waals surface area contributed by atoms with Crippen LogP contribution in [0.4, 0.5) is 0 Å². The van der Waals surface area contributed by atoms with Gasteiger partial charge in [0.05, 0.1) is 0 Å². The molecule has 1 N–H and O–H groups in total. The van der Waals surface area contributed by atoms with E-state index in [1.165, 1.54) is 0 Å². The fourth-order valence-corrected chi connectivity index (χ4v) is 2.61. The molecule has 1 fully saturated rings. The van der Waals surface area contributed by atoms with Crippen molar-refractivity contribution in [3.63, 3.8) is 0 Å².